The van der Waals surface area contributed by atoms with Gasteiger partial charge in [0.2, 0.25) is 0 Å². The minimum Gasteiger partial charge on any atom is -0.504 e. The second-order valence-electron chi connectivity index (χ2n) is 9.91. The molecule has 2 amide bonds. The number of thiophene rings is 1. The lowest BCUT2D eigenvalue weighted by Gasteiger charge is -2.18. The fraction of sp³-hybridized carbons (Fsp3) is 0.355. The maximum absolute atomic E-state index is 13.1. The van der Waals surface area contributed by atoms with Crippen LogP contribution in [0.4, 0.5) is 5.00 Å². The summed E-state index contributed by atoms with van der Waals surface area (Å²) in [6.45, 7) is 7.99. The quantitative estimate of drug-likeness (QED) is 0.155. The zero-order chi connectivity index (χ0) is 30.2. The normalized spacial score (nSPS) is 15.0. The second kappa shape index (κ2) is 14.0. The van der Waals surface area contributed by atoms with Gasteiger partial charge in [0.25, 0.3) is 11.8 Å². The molecule has 3 aromatic rings. The minimum absolute atomic E-state index is 0.0184. The third-order valence-corrected chi connectivity index (χ3v) is 7.86. The fourth-order valence-electron chi connectivity index (χ4n) is 4.52. The van der Waals surface area contributed by atoms with Crippen LogP contribution in [-0.4, -0.2) is 48.4 Å². The number of aromatic hydroxyl groups is 1. The average Bonchev–Trinajstić information content (AvgIpc) is 3.32. The Labute approximate surface area is 248 Å². The van der Waals surface area contributed by atoms with Crippen LogP contribution < -0.4 is 20.2 Å². The maximum atomic E-state index is 13.1. The number of nitrogens with zero attached hydrogens (tertiary/aromatic N) is 1. The van der Waals surface area contributed by atoms with E-state index in [9.17, 15) is 19.5 Å². The van der Waals surface area contributed by atoms with Crippen molar-refractivity contribution in [3.8, 4) is 17.2 Å². The van der Waals surface area contributed by atoms with Gasteiger partial charge < -0.3 is 24.6 Å². The third kappa shape index (κ3) is 7.47. The Bertz CT molecular complexity index is 1470. The number of amides is 2. The lowest BCUT2D eigenvalue weighted by atomic mass is 9.88. The molecule has 0 aliphatic heterocycles. The van der Waals surface area contributed by atoms with Gasteiger partial charge in [-0.3, -0.25) is 9.59 Å². The number of anilines is 1. The molecule has 4 rings (SSSR count). The van der Waals surface area contributed by atoms with Crippen molar-refractivity contribution in [3.63, 3.8) is 0 Å². The number of phenols is 1. The number of benzene rings is 2. The summed E-state index contributed by atoms with van der Waals surface area (Å²) >= 11 is 1.44. The van der Waals surface area contributed by atoms with Crippen molar-refractivity contribution in [2.24, 2.45) is 11.0 Å². The molecule has 2 atom stereocenters. The highest BCUT2D eigenvalue weighted by Crippen LogP contribution is 2.40. The van der Waals surface area contributed by atoms with Crippen molar-refractivity contribution < 1.29 is 33.7 Å². The van der Waals surface area contributed by atoms with Crippen LogP contribution in [0.25, 0.3) is 0 Å². The number of carbonyl (C=O) groups excluding carboxylic acids is 3. The van der Waals surface area contributed by atoms with Crippen LogP contribution in [0.5, 0.6) is 17.2 Å². The van der Waals surface area contributed by atoms with Gasteiger partial charge >= 0.3 is 5.97 Å². The number of rotatable bonds is 11. The molecule has 1 heterocycles. The summed E-state index contributed by atoms with van der Waals surface area (Å²) in [5, 5.41) is 17.2. The predicted molar refractivity (Wildman–Crippen MR) is 161 cm³/mol. The summed E-state index contributed by atoms with van der Waals surface area (Å²) in [6.07, 6.45) is 3.20. The Kier molecular flexibility index (Phi) is 10.2. The van der Waals surface area contributed by atoms with Crippen molar-refractivity contribution in [2.75, 3.05) is 18.5 Å². The van der Waals surface area contributed by atoms with Gasteiger partial charge in [-0.05, 0) is 99.5 Å². The van der Waals surface area contributed by atoms with Gasteiger partial charge in [-0.1, -0.05) is 6.92 Å². The van der Waals surface area contributed by atoms with Gasteiger partial charge in [0.15, 0.2) is 17.6 Å². The smallest absolute Gasteiger partial charge is 0.341 e. The summed E-state index contributed by atoms with van der Waals surface area (Å²) in [4.78, 5) is 39.4. The number of hydrazone groups is 1. The first-order valence-electron chi connectivity index (χ1n) is 13.9. The first-order valence-corrected chi connectivity index (χ1v) is 14.7. The van der Waals surface area contributed by atoms with E-state index < -0.39 is 18.0 Å². The minimum atomic E-state index is -0.868. The van der Waals surface area contributed by atoms with Crippen molar-refractivity contribution in [1.82, 2.24) is 5.43 Å². The summed E-state index contributed by atoms with van der Waals surface area (Å²) < 4.78 is 16.3. The molecule has 0 bridgehead atoms. The van der Waals surface area contributed by atoms with Gasteiger partial charge in [0, 0.05) is 10.4 Å². The fourth-order valence-corrected chi connectivity index (χ4v) is 5.91. The van der Waals surface area contributed by atoms with Crippen LogP contribution in [0.1, 0.15) is 70.8 Å². The van der Waals surface area contributed by atoms with Crippen molar-refractivity contribution in [1.29, 1.82) is 0 Å². The lowest BCUT2D eigenvalue weighted by Crippen LogP contribution is -2.33. The predicted octanol–water partition coefficient (Wildman–Crippen LogP) is 5.32. The number of ether oxygens (including phenoxy) is 3. The highest BCUT2D eigenvalue weighted by Gasteiger charge is 2.29. The number of esters is 1. The van der Waals surface area contributed by atoms with E-state index in [2.05, 4.69) is 22.8 Å². The van der Waals surface area contributed by atoms with Gasteiger partial charge in [-0.2, -0.15) is 5.10 Å². The molecule has 0 spiro atoms. The SMILES string of the molecule is CCOC(=O)c1c(NC(=O)c2ccc(O[C@@H](C)C(=O)N/N=C\c3ccc(O)c(OCC)c3)cc2)sc2c1CC[C@@H](C)C2. The summed E-state index contributed by atoms with van der Waals surface area (Å²) in [5.41, 5.74) is 4.86. The van der Waals surface area contributed by atoms with E-state index >= 15 is 0 Å². The number of fused-ring (bicyclic) bond motifs is 1. The van der Waals surface area contributed by atoms with Crippen LogP contribution in [-0.2, 0) is 22.4 Å². The monoisotopic (exact) mass is 593 g/mol. The second-order valence-corrected chi connectivity index (χ2v) is 11.0. The Morgan fingerprint density at radius 3 is 2.62 bits per heavy atom. The van der Waals surface area contributed by atoms with Crippen LogP contribution in [0, 0.1) is 5.92 Å². The molecule has 0 unspecified atom stereocenters. The van der Waals surface area contributed by atoms with E-state index in [-0.39, 0.29) is 18.3 Å². The molecule has 1 aliphatic carbocycles. The average molecular weight is 594 g/mol. The Balaban J connectivity index is 1.36. The molecule has 0 fully saturated rings. The first kappa shape index (κ1) is 30.6. The van der Waals surface area contributed by atoms with E-state index in [1.165, 1.54) is 23.6 Å². The molecule has 222 valence electrons. The highest BCUT2D eigenvalue weighted by atomic mass is 32.1. The van der Waals surface area contributed by atoms with E-state index in [0.717, 1.165) is 29.7 Å². The number of hydrogen-bond donors (Lipinski definition) is 3. The zero-order valence-electron chi connectivity index (χ0n) is 24.1. The van der Waals surface area contributed by atoms with Gasteiger partial charge in [-0.15, -0.1) is 11.3 Å². The molecule has 42 heavy (non-hydrogen) atoms. The molecule has 11 heteroatoms. The van der Waals surface area contributed by atoms with E-state index in [1.54, 1.807) is 50.2 Å². The van der Waals surface area contributed by atoms with Crippen LogP contribution >= 0.6 is 11.3 Å². The molecule has 10 nitrogen and oxygen atoms in total. The number of phenolic OH excluding ortho intramolecular Hbond substituents is 1. The van der Waals surface area contributed by atoms with Crippen LogP contribution in [0.15, 0.2) is 47.6 Å². The largest absolute Gasteiger partial charge is 0.504 e. The molecule has 0 radical (unpaired) electrons. The summed E-state index contributed by atoms with van der Waals surface area (Å²) in [5.74, 6) is 0.00565. The van der Waals surface area contributed by atoms with E-state index in [0.29, 0.717) is 45.7 Å². The van der Waals surface area contributed by atoms with Crippen molar-refractivity contribution in [2.45, 2.75) is 53.1 Å². The van der Waals surface area contributed by atoms with Gasteiger partial charge in [0.1, 0.15) is 10.8 Å². The Morgan fingerprint density at radius 2 is 1.90 bits per heavy atom. The number of hydrogen-bond acceptors (Lipinski definition) is 9. The molecule has 0 saturated carbocycles. The molecular weight excluding hydrogens is 558 g/mol. The molecular formula is C31H35N3O7S. The highest BCUT2D eigenvalue weighted by molar-refractivity contribution is 7.17. The van der Waals surface area contributed by atoms with Crippen molar-refractivity contribution >= 4 is 40.3 Å². The lowest BCUT2D eigenvalue weighted by molar-refractivity contribution is -0.127. The molecule has 2 aromatic carbocycles. The third-order valence-electron chi connectivity index (χ3n) is 6.69. The Morgan fingerprint density at radius 1 is 1.14 bits per heavy atom. The summed E-state index contributed by atoms with van der Waals surface area (Å²) in [7, 11) is 0. The van der Waals surface area contributed by atoms with Gasteiger partial charge in [0.05, 0.1) is 25.0 Å². The zero-order valence-corrected chi connectivity index (χ0v) is 24.9. The molecule has 3 N–H and O–H groups in total. The number of nitrogens with one attached hydrogen (secondary N) is 2. The number of carbonyl (C=O) groups is 3. The first-order chi connectivity index (χ1) is 20.2. The molecule has 1 aliphatic rings. The van der Waals surface area contributed by atoms with E-state index in [4.69, 9.17) is 14.2 Å². The van der Waals surface area contributed by atoms with Crippen LogP contribution in [0.3, 0.4) is 0 Å². The standard InChI is InChI=1S/C31H35N3O7S/c1-5-39-25-16-20(8-14-24(25)35)17-32-34-28(36)19(4)41-22-11-9-21(10-12-22)29(37)33-30-27(31(38)40-6-2)23-13-7-18(3)15-26(23)42-30/h8-12,14,16-19,35H,5-7,13,15H2,1-4H3,(H,33,37)(H,34,36)/b32-17-/t18-,19+/m1/s1. The van der Waals surface area contributed by atoms with Gasteiger partial charge in [-0.25, -0.2) is 10.2 Å². The Hall–Kier alpha value is -4.38. The molecule has 0 saturated heterocycles. The van der Waals surface area contributed by atoms with E-state index in [1.807, 2.05) is 6.92 Å². The topological polar surface area (TPSA) is 136 Å². The van der Waals surface area contributed by atoms with Crippen molar-refractivity contribution in [3.05, 3.63) is 69.6 Å². The molecule has 1 aromatic heterocycles. The maximum Gasteiger partial charge on any atom is 0.341 e. The van der Waals surface area contributed by atoms with Crippen LogP contribution in [0.2, 0.25) is 0 Å². The summed E-state index contributed by atoms with van der Waals surface area (Å²) in [6, 6.07) is 11.1.